The zero-order valence-electron chi connectivity index (χ0n) is 21.5. The molecule has 0 aromatic heterocycles. The SMILES string of the molecule is CC(=O)NCCCS(=O)(=O)OCC(C)(C)[C@@H](O)C(=O)OC(OC(=O)Oc1ccccc1)C1CCCCC1. The monoisotopic (exact) mass is 543 g/mol. The summed E-state index contributed by atoms with van der Waals surface area (Å²) >= 11 is 0. The third-order valence-corrected chi connectivity index (χ3v) is 7.21. The second kappa shape index (κ2) is 14.3. The van der Waals surface area contributed by atoms with Crippen molar-refractivity contribution in [3.63, 3.8) is 0 Å². The number of esters is 1. The van der Waals surface area contributed by atoms with Gasteiger partial charge in [0.25, 0.3) is 16.4 Å². The maximum Gasteiger partial charge on any atom is 0.516 e. The van der Waals surface area contributed by atoms with E-state index in [1.807, 2.05) is 0 Å². The lowest BCUT2D eigenvalue weighted by Gasteiger charge is -2.32. The van der Waals surface area contributed by atoms with E-state index in [9.17, 15) is 27.9 Å². The van der Waals surface area contributed by atoms with Crippen molar-refractivity contribution in [1.29, 1.82) is 0 Å². The number of rotatable bonds is 13. The fraction of sp³-hybridized carbons (Fsp3) is 0.640. The van der Waals surface area contributed by atoms with Crippen molar-refractivity contribution in [2.75, 3.05) is 18.9 Å². The molecule has 2 rings (SSSR count). The summed E-state index contributed by atoms with van der Waals surface area (Å²) in [5.41, 5.74) is -1.34. The summed E-state index contributed by atoms with van der Waals surface area (Å²) in [6.45, 7) is 3.91. The van der Waals surface area contributed by atoms with Crippen LogP contribution in [-0.4, -0.2) is 62.9 Å². The number of para-hydroxylation sites is 1. The molecule has 0 bridgehead atoms. The van der Waals surface area contributed by atoms with Gasteiger partial charge in [0.05, 0.1) is 12.4 Å². The number of nitrogens with one attached hydrogen (secondary N) is 1. The first-order chi connectivity index (χ1) is 17.4. The zero-order chi connectivity index (χ0) is 27.5. The molecule has 0 aliphatic heterocycles. The Morgan fingerprint density at radius 2 is 1.73 bits per heavy atom. The minimum Gasteiger partial charge on any atom is -0.423 e. The molecule has 1 unspecified atom stereocenters. The van der Waals surface area contributed by atoms with Gasteiger partial charge in [-0.1, -0.05) is 51.3 Å². The van der Waals surface area contributed by atoms with Gasteiger partial charge in [-0.3, -0.25) is 8.98 Å². The van der Waals surface area contributed by atoms with Crippen LogP contribution in [0, 0.1) is 11.3 Å². The topological polar surface area (TPSA) is 155 Å². The van der Waals surface area contributed by atoms with Crippen LogP contribution in [0.15, 0.2) is 30.3 Å². The van der Waals surface area contributed by atoms with Gasteiger partial charge in [-0.2, -0.15) is 8.42 Å². The smallest absolute Gasteiger partial charge is 0.423 e. The number of hydrogen-bond donors (Lipinski definition) is 2. The van der Waals surface area contributed by atoms with Gasteiger partial charge < -0.3 is 24.6 Å². The molecule has 1 aromatic carbocycles. The third kappa shape index (κ3) is 11.1. The van der Waals surface area contributed by atoms with Crippen LogP contribution in [0.5, 0.6) is 5.75 Å². The number of aliphatic hydroxyl groups excluding tert-OH is 1. The van der Waals surface area contributed by atoms with Crippen molar-refractivity contribution in [3.05, 3.63) is 30.3 Å². The summed E-state index contributed by atoms with van der Waals surface area (Å²) in [5.74, 6) is -1.69. The number of ether oxygens (including phenoxy) is 3. The Morgan fingerprint density at radius 3 is 2.35 bits per heavy atom. The molecule has 0 saturated heterocycles. The number of carbonyl (C=O) groups is 3. The third-order valence-electron chi connectivity index (χ3n) is 5.94. The van der Waals surface area contributed by atoms with Crippen LogP contribution in [0.1, 0.15) is 59.3 Å². The fourth-order valence-electron chi connectivity index (χ4n) is 3.72. The van der Waals surface area contributed by atoms with E-state index in [1.54, 1.807) is 30.3 Å². The maximum atomic E-state index is 12.8. The number of hydrogen-bond acceptors (Lipinski definition) is 10. The minimum atomic E-state index is -3.96. The molecule has 12 heteroatoms. The van der Waals surface area contributed by atoms with E-state index >= 15 is 0 Å². The van der Waals surface area contributed by atoms with Crippen molar-refractivity contribution in [1.82, 2.24) is 5.32 Å². The zero-order valence-corrected chi connectivity index (χ0v) is 22.3. The van der Waals surface area contributed by atoms with Crippen molar-refractivity contribution in [3.8, 4) is 5.75 Å². The molecule has 1 aromatic rings. The van der Waals surface area contributed by atoms with Crippen LogP contribution in [0.25, 0.3) is 0 Å². The fourth-order valence-corrected chi connectivity index (χ4v) is 4.82. The molecule has 0 heterocycles. The van der Waals surface area contributed by atoms with E-state index in [2.05, 4.69) is 5.32 Å². The second-order valence-corrected chi connectivity index (χ2v) is 11.5. The van der Waals surface area contributed by atoms with Crippen molar-refractivity contribution >= 4 is 28.1 Å². The van der Waals surface area contributed by atoms with E-state index in [4.69, 9.17) is 18.4 Å². The Labute approximate surface area is 217 Å². The molecule has 1 aliphatic rings. The Morgan fingerprint density at radius 1 is 1.08 bits per heavy atom. The van der Waals surface area contributed by atoms with Crippen molar-refractivity contribution < 1.29 is 46.3 Å². The van der Waals surface area contributed by atoms with Crippen LogP contribution in [0.2, 0.25) is 0 Å². The molecule has 2 atom stereocenters. The Bertz CT molecular complexity index is 990. The molecule has 1 aliphatic carbocycles. The van der Waals surface area contributed by atoms with E-state index in [0.717, 1.165) is 19.3 Å². The Hall–Kier alpha value is -2.70. The molecular weight excluding hydrogens is 506 g/mol. The summed E-state index contributed by atoms with van der Waals surface area (Å²) in [6, 6.07) is 8.27. The Balaban J connectivity index is 1.97. The van der Waals surface area contributed by atoms with Gasteiger partial charge in [-0.05, 0) is 31.4 Å². The first-order valence-electron chi connectivity index (χ1n) is 12.3. The van der Waals surface area contributed by atoms with E-state index < -0.39 is 46.7 Å². The average Bonchev–Trinajstić information content (AvgIpc) is 2.85. The largest absolute Gasteiger partial charge is 0.516 e. The normalized spacial score (nSPS) is 16.3. The maximum absolute atomic E-state index is 12.8. The molecule has 1 saturated carbocycles. The first-order valence-corrected chi connectivity index (χ1v) is 13.9. The molecular formula is C25H37NO10S. The van der Waals surface area contributed by atoms with Gasteiger partial charge >= 0.3 is 12.1 Å². The van der Waals surface area contributed by atoms with Gasteiger partial charge in [-0.25, -0.2) is 9.59 Å². The average molecular weight is 544 g/mol. The highest BCUT2D eigenvalue weighted by Crippen LogP contribution is 2.31. The van der Waals surface area contributed by atoms with Crippen molar-refractivity contribution in [2.24, 2.45) is 11.3 Å². The van der Waals surface area contributed by atoms with Crippen LogP contribution in [-0.2, 0) is 33.4 Å². The van der Waals surface area contributed by atoms with Crippen LogP contribution >= 0.6 is 0 Å². The van der Waals surface area contributed by atoms with E-state index in [0.29, 0.717) is 12.8 Å². The summed E-state index contributed by atoms with van der Waals surface area (Å²) in [7, 11) is -3.96. The summed E-state index contributed by atoms with van der Waals surface area (Å²) in [5, 5.41) is 13.2. The van der Waals surface area contributed by atoms with Crippen LogP contribution in [0.3, 0.4) is 0 Å². The number of carbonyl (C=O) groups excluding carboxylic acids is 3. The molecule has 0 radical (unpaired) electrons. The Kier molecular flexibility index (Phi) is 11.8. The molecule has 208 valence electrons. The number of benzene rings is 1. The van der Waals surface area contributed by atoms with Gasteiger partial charge in [0.2, 0.25) is 5.91 Å². The molecule has 37 heavy (non-hydrogen) atoms. The molecule has 2 N–H and O–H groups in total. The molecule has 0 spiro atoms. The van der Waals surface area contributed by atoms with Gasteiger partial charge in [-0.15, -0.1) is 0 Å². The highest BCUT2D eigenvalue weighted by molar-refractivity contribution is 7.86. The second-order valence-electron chi connectivity index (χ2n) is 9.74. The number of amides is 1. The van der Waals surface area contributed by atoms with Crippen LogP contribution < -0.4 is 10.1 Å². The lowest BCUT2D eigenvalue weighted by molar-refractivity contribution is -0.196. The highest BCUT2D eigenvalue weighted by atomic mass is 32.2. The minimum absolute atomic E-state index is 0.145. The van der Waals surface area contributed by atoms with Gasteiger partial charge in [0.15, 0.2) is 6.10 Å². The summed E-state index contributed by atoms with van der Waals surface area (Å²) in [4.78, 5) is 36.1. The predicted molar refractivity (Wildman–Crippen MR) is 133 cm³/mol. The van der Waals surface area contributed by atoms with Crippen molar-refractivity contribution in [2.45, 2.75) is 71.7 Å². The molecule has 1 amide bonds. The van der Waals surface area contributed by atoms with E-state index in [1.165, 1.54) is 20.8 Å². The molecule has 1 fully saturated rings. The standard InChI is InChI=1S/C25H37NO10S/c1-18(27)26-15-10-16-37(31,32)33-17-25(2,3)21(28)22(29)35-23(19-11-6-4-7-12-19)36-24(30)34-20-13-8-5-9-14-20/h5,8-9,13-14,19,21,23,28H,4,6-7,10-12,15-17H2,1-3H3,(H,26,27)/t21-,23?/m0/s1. The van der Waals surface area contributed by atoms with Gasteiger partial charge in [0.1, 0.15) is 5.75 Å². The van der Waals surface area contributed by atoms with Crippen LogP contribution in [0.4, 0.5) is 4.79 Å². The summed E-state index contributed by atoms with van der Waals surface area (Å²) in [6.07, 6.45) is 0.150. The first kappa shape index (κ1) is 30.5. The predicted octanol–water partition coefficient (Wildman–Crippen LogP) is 2.91. The lowest BCUT2D eigenvalue weighted by atomic mass is 9.87. The highest BCUT2D eigenvalue weighted by Gasteiger charge is 2.40. The quantitative estimate of drug-likeness (QED) is 0.125. The summed E-state index contributed by atoms with van der Waals surface area (Å²) < 4.78 is 45.3. The molecule has 11 nitrogen and oxygen atoms in total. The lowest BCUT2D eigenvalue weighted by Crippen LogP contribution is -2.44. The van der Waals surface area contributed by atoms with E-state index in [-0.39, 0.29) is 36.3 Å². The van der Waals surface area contributed by atoms with Gasteiger partial charge in [0, 0.05) is 24.8 Å². The number of aliphatic hydroxyl groups is 1.